The SMILES string of the molecule is CC(C)(C)OC(=O)NCc1ccc(COc2cc(F)cc3c2CN(C2CCC(=O)NC2=O)C3=O)cc1. The summed E-state index contributed by atoms with van der Waals surface area (Å²) < 4.78 is 25.4. The van der Waals surface area contributed by atoms with E-state index in [0.717, 1.165) is 17.2 Å². The fourth-order valence-corrected chi connectivity index (χ4v) is 4.13. The molecule has 36 heavy (non-hydrogen) atoms. The average Bonchev–Trinajstić information content (AvgIpc) is 3.12. The molecule has 2 aromatic carbocycles. The molecule has 1 saturated heterocycles. The van der Waals surface area contributed by atoms with Gasteiger partial charge in [-0.2, -0.15) is 0 Å². The molecule has 1 fully saturated rings. The molecule has 1 unspecified atom stereocenters. The zero-order chi connectivity index (χ0) is 26.0. The quantitative estimate of drug-likeness (QED) is 0.593. The molecule has 1 atom stereocenters. The van der Waals surface area contributed by atoms with Crippen LogP contribution in [-0.4, -0.2) is 40.4 Å². The first-order valence-electron chi connectivity index (χ1n) is 11.6. The molecule has 2 N–H and O–H groups in total. The predicted octanol–water partition coefficient (Wildman–Crippen LogP) is 3.19. The molecule has 2 aliphatic rings. The number of carbonyl (C=O) groups excluding carboxylic acids is 4. The summed E-state index contributed by atoms with van der Waals surface area (Å²) in [5, 5.41) is 4.94. The maximum absolute atomic E-state index is 14.3. The van der Waals surface area contributed by atoms with Gasteiger partial charge < -0.3 is 19.7 Å². The van der Waals surface area contributed by atoms with Crippen molar-refractivity contribution in [3.63, 3.8) is 0 Å². The van der Waals surface area contributed by atoms with Gasteiger partial charge in [-0.15, -0.1) is 0 Å². The van der Waals surface area contributed by atoms with Crippen LogP contribution in [0, 0.1) is 5.82 Å². The Morgan fingerprint density at radius 3 is 2.50 bits per heavy atom. The summed E-state index contributed by atoms with van der Waals surface area (Å²) >= 11 is 0. The summed E-state index contributed by atoms with van der Waals surface area (Å²) in [6, 6.07) is 8.89. The molecule has 190 valence electrons. The van der Waals surface area contributed by atoms with Crippen molar-refractivity contribution in [3.8, 4) is 5.75 Å². The van der Waals surface area contributed by atoms with Gasteiger partial charge in [-0.25, -0.2) is 9.18 Å². The summed E-state index contributed by atoms with van der Waals surface area (Å²) in [5.74, 6) is -1.76. The lowest BCUT2D eigenvalue weighted by atomic mass is 10.0. The highest BCUT2D eigenvalue weighted by molar-refractivity contribution is 6.05. The topological polar surface area (TPSA) is 114 Å². The zero-order valence-electron chi connectivity index (χ0n) is 20.4. The van der Waals surface area contributed by atoms with E-state index < -0.39 is 35.4 Å². The largest absolute Gasteiger partial charge is 0.488 e. The van der Waals surface area contributed by atoms with Crippen molar-refractivity contribution < 1.29 is 33.0 Å². The van der Waals surface area contributed by atoms with Gasteiger partial charge in [-0.05, 0) is 44.4 Å². The molecule has 0 aliphatic carbocycles. The fourth-order valence-electron chi connectivity index (χ4n) is 4.13. The molecule has 0 spiro atoms. The third-order valence-electron chi connectivity index (χ3n) is 5.83. The summed E-state index contributed by atoms with van der Waals surface area (Å²) in [4.78, 5) is 49.8. The maximum Gasteiger partial charge on any atom is 0.407 e. The van der Waals surface area contributed by atoms with Crippen LogP contribution in [0.15, 0.2) is 36.4 Å². The lowest BCUT2D eigenvalue weighted by Crippen LogP contribution is -2.52. The van der Waals surface area contributed by atoms with Crippen LogP contribution < -0.4 is 15.4 Å². The van der Waals surface area contributed by atoms with Crippen LogP contribution in [0.1, 0.15) is 60.7 Å². The van der Waals surface area contributed by atoms with E-state index in [4.69, 9.17) is 9.47 Å². The minimum Gasteiger partial charge on any atom is -0.488 e. The van der Waals surface area contributed by atoms with Gasteiger partial charge in [0.05, 0.1) is 12.1 Å². The van der Waals surface area contributed by atoms with Gasteiger partial charge in [0.25, 0.3) is 5.91 Å². The second-order valence-electron chi connectivity index (χ2n) is 9.79. The average molecular weight is 498 g/mol. The van der Waals surface area contributed by atoms with Crippen LogP contribution in [0.2, 0.25) is 0 Å². The number of hydrogen-bond acceptors (Lipinski definition) is 6. The lowest BCUT2D eigenvalue weighted by Gasteiger charge is -2.29. The van der Waals surface area contributed by atoms with Gasteiger partial charge in [-0.1, -0.05) is 24.3 Å². The minimum absolute atomic E-state index is 0.0886. The first-order valence-corrected chi connectivity index (χ1v) is 11.6. The van der Waals surface area contributed by atoms with Crippen molar-refractivity contribution in [2.24, 2.45) is 0 Å². The standard InChI is InChI=1S/C26H28FN3O6/c1-26(2,3)36-25(34)28-12-15-4-6-16(7-5-15)14-35-21-11-17(27)10-18-19(21)13-30(24(18)33)20-8-9-22(31)29-23(20)32/h4-7,10-11,20H,8-9,12-14H2,1-3H3,(H,28,34)(H,29,31,32). The Bertz CT molecular complexity index is 1210. The van der Waals surface area contributed by atoms with Crippen LogP contribution >= 0.6 is 0 Å². The minimum atomic E-state index is -0.791. The molecule has 2 aromatic rings. The number of ether oxygens (including phenoxy) is 2. The van der Waals surface area contributed by atoms with E-state index in [9.17, 15) is 23.6 Å². The lowest BCUT2D eigenvalue weighted by molar-refractivity contribution is -0.136. The third kappa shape index (κ3) is 5.81. The Labute approximate surface area is 207 Å². The number of benzene rings is 2. The van der Waals surface area contributed by atoms with E-state index >= 15 is 0 Å². The van der Waals surface area contributed by atoms with Gasteiger partial charge in [0, 0.05) is 24.6 Å². The van der Waals surface area contributed by atoms with Crippen molar-refractivity contribution in [2.75, 3.05) is 0 Å². The number of imide groups is 1. The molecule has 0 radical (unpaired) electrons. The number of fused-ring (bicyclic) bond motifs is 1. The zero-order valence-corrected chi connectivity index (χ0v) is 20.4. The van der Waals surface area contributed by atoms with Gasteiger partial charge in [0.2, 0.25) is 11.8 Å². The maximum atomic E-state index is 14.3. The highest BCUT2D eigenvalue weighted by atomic mass is 19.1. The Balaban J connectivity index is 1.39. The van der Waals surface area contributed by atoms with E-state index in [0.29, 0.717) is 12.1 Å². The molecule has 4 amide bonds. The van der Waals surface area contributed by atoms with E-state index in [1.54, 1.807) is 20.8 Å². The van der Waals surface area contributed by atoms with E-state index in [-0.39, 0.29) is 43.2 Å². The highest BCUT2D eigenvalue weighted by Crippen LogP contribution is 2.35. The van der Waals surface area contributed by atoms with Gasteiger partial charge in [0.15, 0.2) is 0 Å². The molecule has 2 aliphatic heterocycles. The Hall–Kier alpha value is -3.95. The van der Waals surface area contributed by atoms with Gasteiger partial charge in [-0.3, -0.25) is 19.7 Å². The number of nitrogens with one attached hydrogen (secondary N) is 2. The van der Waals surface area contributed by atoms with Crippen LogP contribution in [0.25, 0.3) is 0 Å². The first kappa shape index (κ1) is 25.2. The predicted molar refractivity (Wildman–Crippen MR) is 126 cm³/mol. The number of piperidine rings is 1. The second kappa shape index (κ2) is 9.96. The van der Waals surface area contributed by atoms with Crippen LogP contribution in [0.5, 0.6) is 5.75 Å². The number of hydrogen-bond donors (Lipinski definition) is 2. The van der Waals surface area contributed by atoms with E-state index in [2.05, 4.69) is 10.6 Å². The molecule has 10 heteroatoms. The summed E-state index contributed by atoms with van der Waals surface area (Å²) in [6.45, 7) is 5.88. The van der Waals surface area contributed by atoms with E-state index in [1.807, 2.05) is 24.3 Å². The second-order valence-corrected chi connectivity index (χ2v) is 9.79. The number of halogens is 1. The Morgan fingerprint density at radius 2 is 1.83 bits per heavy atom. The van der Waals surface area contributed by atoms with Crippen LogP contribution in [0.4, 0.5) is 9.18 Å². The molecule has 9 nitrogen and oxygen atoms in total. The van der Waals surface area contributed by atoms with Gasteiger partial charge >= 0.3 is 6.09 Å². The monoisotopic (exact) mass is 497 g/mol. The van der Waals surface area contributed by atoms with Gasteiger partial charge in [0.1, 0.15) is 29.8 Å². The van der Waals surface area contributed by atoms with Crippen molar-refractivity contribution in [2.45, 2.75) is 65.0 Å². The third-order valence-corrected chi connectivity index (χ3v) is 5.83. The molecule has 0 bridgehead atoms. The van der Waals surface area contributed by atoms with Crippen molar-refractivity contribution in [1.29, 1.82) is 0 Å². The molecular formula is C26H28FN3O6. The number of nitrogens with zero attached hydrogens (tertiary/aromatic N) is 1. The summed E-state index contributed by atoms with van der Waals surface area (Å²) in [7, 11) is 0. The normalized spacial score (nSPS) is 17.5. The Kier molecular flexibility index (Phi) is 6.96. The van der Waals surface area contributed by atoms with Crippen molar-refractivity contribution in [1.82, 2.24) is 15.5 Å². The fraction of sp³-hybridized carbons (Fsp3) is 0.385. The number of rotatable bonds is 6. The number of amides is 4. The summed E-state index contributed by atoms with van der Waals surface area (Å²) in [6.07, 6.45) is -0.147. The van der Waals surface area contributed by atoms with Crippen LogP contribution in [-0.2, 0) is 34.0 Å². The molecule has 2 heterocycles. The molecule has 0 aromatic heterocycles. The molecular weight excluding hydrogens is 469 g/mol. The van der Waals surface area contributed by atoms with Crippen LogP contribution in [0.3, 0.4) is 0 Å². The van der Waals surface area contributed by atoms with E-state index in [1.165, 1.54) is 11.0 Å². The highest BCUT2D eigenvalue weighted by Gasteiger charge is 2.40. The van der Waals surface area contributed by atoms with Crippen molar-refractivity contribution >= 4 is 23.8 Å². The molecule has 4 rings (SSSR count). The number of carbonyl (C=O) groups is 4. The first-order chi connectivity index (χ1) is 17.0. The van der Waals surface area contributed by atoms with Crippen molar-refractivity contribution in [3.05, 3.63) is 64.5 Å². The molecule has 0 saturated carbocycles. The Morgan fingerprint density at radius 1 is 1.14 bits per heavy atom. The smallest absolute Gasteiger partial charge is 0.407 e. The summed E-state index contributed by atoms with van der Waals surface area (Å²) in [5.41, 5.74) is 1.75. The number of alkyl carbamates (subject to hydrolysis) is 1.